The summed E-state index contributed by atoms with van der Waals surface area (Å²) in [4.78, 5) is 16.0. The number of hydrogen-bond acceptors (Lipinski definition) is 3. The molecule has 1 aromatic heterocycles. The Morgan fingerprint density at radius 3 is 2.82 bits per heavy atom. The van der Waals surface area contributed by atoms with Crippen LogP contribution in [0.25, 0.3) is 10.9 Å². The van der Waals surface area contributed by atoms with Crippen LogP contribution in [0.3, 0.4) is 0 Å². The van der Waals surface area contributed by atoms with Crippen molar-refractivity contribution in [3.63, 3.8) is 0 Å². The number of carbonyl (C=O) groups is 1. The fourth-order valence-corrected chi connectivity index (χ4v) is 1.80. The Bertz CT molecular complexity index is 549. The van der Waals surface area contributed by atoms with Crippen molar-refractivity contribution < 1.29 is 9.53 Å². The van der Waals surface area contributed by atoms with E-state index in [2.05, 4.69) is 11.9 Å². The normalized spacial score (nSPS) is 10.5. The van der Waals surface area contributed by atoms with E-state index in [1.54, 1.807) is 19.2 Å². The van der Waals surface area contributed by atoms with Gasteiger partial charge in [-0.05, 0) is 31.0 Å². The summed E-state index contributed by atoms with van der Waals surface area (Å²) in [6.07, 6.45) is 2.61. The molecule has 0 aliphatic heterocycles. The van der Waals surface area contributed by atoms with Crippen molar-refractivity contribution in [1.82, 2.24) is 4.98 Å². The van der Waals surface area contributed by atoms with Crippen molar-refractivity contribution in [3.05, 3.63) is 41.6 Å². The fourth-order valence-electron chi connectivity index (χ4n) is 1.80. The molecule has 2 rings (SSSR count). The van der Waals surface area contributed by atoms with Crippen LogP contribution in [0.4, 0.5) is 0 Å². The van der Waals surface area contributed by atoms with E-state index in [0.29, 0.717) is 12.2 Å². The van der Waals surface area contributed by atoms with E-state index < -0.39 is 0 Å². The van der Waals surface area contributed by atoms with Crippen LogP contribution in [-0.4, -0.2) is 17.6 Å². The minimum Gasteiger partial charge on any atom is -0.462 e. The van der Waals surface area contributed by atoms with E-state index in [1.165, 1.54) is 5.56 Å². The first kappa shape index (κ1) is 11.6. The van der Waals surface area contributed by atoms with Crippen LogP contribution in [0.1, 0.15) is 29.8 Å². The minimum absolute atomic E-state index is 0.288. The Morgan fingerprint density at radius 1 is 1.29 bits per heavy atom. The highest BCUT2D eigenvalue weighted by molar-refractivity contribution is 6.03. The fraction of sp³-hybridized carbons (Fsp3) is 0.286. The van der Waals surface area contributed by atoms with Gasteiger partial charge in [-0.25, -0.2) is 4.79 Å². The van der Waals surface area contributed by atoms with E-state index in [-0.39, 0.29) is 5.97 Å². The summed E-state index contributed by atoms with van der Waals surface area (Å²) in [6, 6.07) is 7.67. The molecule has 0 fully saturated rings. The molecule has 1 heterocycles. The molecule has 17 heavy (non-hydrogen) atoms. The molecule has 1 aromatic carbocycles. The molecule has 0 bridgehead atoms. The number of ether oxygens (including phenoxy) is 1. The molecular weight excluding hydrogens is 214 g/mol. The standard InChI is InChI=1S/C14H15NO2/c1-3-10-5-6-11-12(14(16)17-4-2)7-8-15-13(11)9-10/h5-9H,3-4H2,1-2H3. The van der Waals surface area contributed by atoms with E-state index in [9.17, 15) is 4.79 Å². The Labute approximate surface area is 100 Å². The largest absolute Gasteiger partial charge is 0.462 e. The smallest absolute Gasteiger partial charge is 0.338 e. The summed E-state index contributed by atoms with van der Waals surface area (Å²) < 4.78 is 5.03. The van der Waals surface area contributed by atoms with Crippen molar-refractivity contribution in [3.8, 4) is 0 Å². The second kappa shape index (κ2) is 4.95. The molecular formula is C14H15NO2. The van der Waals surface area contributed by atoms with Gasteiger partial charge in [0.05, 0.1) is 17.7 Å². The number of rotatable bonds is 3. The zero-order valence-corrected chi connectivity index (χ0v) is 10.1. The summed E-state index contributed by atoms with van der Waals surface area (Å²) in [5, 5.41) is 0.850. The molecule has 0 N–H and O–H groups in total. The Morgan fingerprint density at radius 2 is 2.12 bits per heavy atom. The topological polar surface area (TPSA) is 39.2 Å². The Hall–Kier alpha value is -1.90. The van der Waals surface area contributed by atoms with Crippen LogP contribution in [0.2, 0.25) is 0 Å². The molecule has 0 aliphatic rings. The average molecular weight is 229 g/mol. The summed E-state index contributed by atoms with van der Waals surface area (Å²) in [7, 11) is 0. The number of carbonyl (C=O) groups excluding carboxylic acids is 1. The van der Waals surface area contributed by atoms with Gasteiger partial charge < -0.3 is 4.74 Å². The highest BCUT2D eigenvalue weighted by Crippen LogP contribution is 2.19. The molecule has 0 amide bonds. The number of hydrogen-bond donors (Lipinski definition) is 0. The third kappa shape index (κ3) is 2.28. The lowest BCUT2D eigenvalue weighted by Gasteiger charge is -2.06. The number of fused-ring (bicyclic) bond motifs is 1. The maximum Gasteiger partial charge on any atom is 0.338 e. The lowest BCUT2D eigenvalue weighted by Crippen LogP contribution is -2.05. The number of aromatic nitrogens is 1. The number of aryl methyl sites for hydroxylation is 1. The van der Waals surface area contributed by atoms with Gasteiger partial charge in [0.2, 0.25) is 0 Å². The maximum absolute atomic E-state index is 11.8. The van der Waals surface area contributed by atoms with Crippen LogP contribution in [-0.2, 0) is 11.2 Å². The third-order valence-electron chi connectivity index (χ3n) is 2.71. The Balaban J connectivity index is 2.54. The quantitative estimate of drug-likeness (QED) is 0.759. The molecule has 3 heteroatoms. The van der Waals surface area contributed by atoms with Gasteiger partial charge in [0, 0.05) is 11.6 Å². The van der Waals surface area contributed by atoms with E-state index in [1.807, 2.05) is 18.2 Å². The predicted molar refractivity (Wildman–Crippen MR) is 67.1 cm³/mol. The lowest BCUT2D eigenvalue weighted by molar-refractivity contribution is 0.0528. The first-order valence-corrected chi connectivity index (χ1v) is 5.81. The zero-order chi connectivity index (χ0) is 12.3. The van der Waals surface area contributed by atoms with Gasteiger partial charge >= 0.3 is 5.97 Å². The monoisotopic (exact) mass is 229 g/mol. The molecule has 0 unspecified atom stereocenters. The van der Waals surface area contributed by atoms with Crippen LogP contribution >= 0.6 is 0 Å². The van der Waals surface area contributed by atoms with Gasteiger partial charge in [0.1, 0.15) is 0 Å². The summed E-state index contributed by atoms with van der Waals surface area (Å²) in [5.74, 6) is -0.288. The number of nitrogens with zero attached hydrogens (tertiary/aromatic N) is 1. The highest BCUT2D eigenvalue weighted by Gasteiger charge is 2.11. The van der Waals surface area contributed by atoms with Gasteiger partial charge in [-0.3, -0.25) is 4.98 Å². The van der Waals surface area contributed by atoms with Crippen LogP contribution < -0.4 is 0 Å². The molecule has 0 saturated heterocycles. The van der Waals surface area contributed by atoms with E-state index in [4.69, 9.17) is 4.74 Å². The number of pyridine rings is 1. The third-order valence-corrected chi connectivity index (χ3v) is 2.71. The van der Waals surface area contributed by atoms with Gasteiger partial charge in [-0.1, -0.05) is 19.1 Å². The first-order chi connectivity index (χ1) is 8.26. The van der Waals surface area contributed by atoms with Crippen molar-refractivity contribution in [1.29, 1.82) is 0 Å². The van der Waals surface area contributed by atoms with Crippen molar-refractivity contribution in [2.75, 3.05) is 6.61 Å². The molecule has 88 valence electrons. The van der Waals surface area contributed by atoms with Gasteiger partial charge in [-0.15, -0.1) is 0 Å². The molecule has 0 atom stereocenters. The highest BCUT2D eigenvalue weighted by atomic mass is 16.5. The molecule has 0 radical (unpaired) electrons. The van der Waals surface area contributed by atoms with Crippen molar-refractivity contribution in [2.24, 2.45) is 0 Å². The number of esters is 1. The predicted octanol–water partition coefficient (Wildman–Crippen LogP) is 2.97. The van der Waals surface area contributed by atoms with Crippen molar-refractivity contribution >= 4 is 16.9 Å². The average Bonchev–Trinajstić information content (AvgIpc) is 2.37. The van der Waals surface area contributed by atoms with E-state index in [0.717, 1.165) is 17.3 Å². The zero-order valence-electron chi connectivity index (χ0n) is 10.1. The summed E-state index contributed by atoms with van der Waals surface area (Å²) >= 11 is 0. The lowest BCUT2D eigenvalue weighted by atomic mass is 10.1. The Kier molecular flexibility index (Phi) is 3.38. The molecule has 3 nitrogen and oxygen atoms in total. The van der Waals surface area contributed by atoms with Gasteiger partial charge in [0.15, 0.2) is 0 Å². The SMILES string of the molecule is CCOC(=O)c1ccnc2cc(CC)ccc12. The molecule has 2 aromatic rings. The van der Waals surface area contributed by atoms with E-state index >= 15 is 0 Å². The number of benzene rings is 1. The molecule has 0 spiro atoms. The summed E-state index contributed by atoms with van der Waals surface area (Å²) in [6.45, 7) is 4.28. The minimum atomic E-state index is -0.288. The second-order valence-electron chi connectivity index (χ2n) is 3.78. The van der Waals surface area contributed by atoms with Crippen LogP contribution in [0.5, 0.6) is 0 Å². The maximum atomic E-state index is 11.8. The van der Waals surface area contributed by atoms with Crippen LogP contribution in [0.15, 0.2) is 30.5 Å². The molecule has 0 aliphatic carbocycles. The van der Waals surface area contributed by atoms with Crippen molar-refractivity contribution in [2.45, 2.75) is 20.3 Å². The van der Waals surface area contributed by atoms with Gasteiger partial charge in [-0.2, -0.15) is 0 Å². The molecule has 0 saturated carbocycles. The van der Waals surface area contributed by atoms with Gasteiger partial charge in [0.25, 0.3) is 0 Å². The second-order valence-corrected chi connectivity index (χ2v) is 3.78. The van der Waals surface area contributed by atoms with Crippen LogP contribution in [0, 0.1) is 0 Å². The summed E-state index contributed by atoms with van der Waals surface area (Å²) in [5.41, 5.74) is 2.64. The first-order valence-electron chi connectivity index (χ1n) is 5.81.